The van der Waals surface area contributed by atoms with Gasteiger partial charge in [-0.3, -0.25) is 9.69 Å². The van der Waals surface area contributed by atoms with Crippen molar-refractivity contribution in [2.45, 2.75) is 77.3 Å². The Morgan fingerprint density at radius 3 is 2.31 bits per heavy atom. The van der Waals surface area contributed by atoms with Gasteiger partial charge in [-0.1, -0.05) is 51.1 Å². The number of carbonyl (C=O) groups excluding carboxylic acids is 2. The summed E-state index contributed by atoms with van der Waals surface area (Å²) in [6.45, 7) is 8.67. The van der Waals surface area contributed by atoms with E-state index in [9.17, 15) is 24.6 Å². The zero-order valence-electron chi connectivity index (χ0n) is 21.1. The summed E-state index contributed by atoms with van der Waals surface area (Å²) in [6.07, 6.45) is -0.0960. The molecule has 2 heterocycles. The standard InChI is InChI=1S/C26H36N2O7/c1-24(2,3)26(33,19-15-35-25(4,5)28(19)22(30)31)20(17-11-12-17)21(29)27-18(14-34-23(27)32)13-16-9-7-6-8-10-16/h6-10,17-20,33H,11-15H2,1-5H3,(H,30,31)/t18-,19-,20+,26-/m1/s1. The quantitative estimate of drug-likeness (QED) is 0.629. The number of cyclic esters (lactones) is 1. The molecule has 9 nitrogen and oxygen atoms in total. The number of carboxylic acid groups (broad SMARTS) is 1. The molecule has 0 spiro atoms. The van der Waals surface area contributed by atoms with E-state index in [4.69, 9.17) is 9.47 Å². The van der Waals surface area contributed by atoms with Gasteiger partial charge in [-0.2, -0.15) is 0 Å². The first kappa shape index (κ1) is 25.4. The smallest absolute Gasteiger partial charge is 0.416 e. The summed E-state index contributed by atoms with van der Waals surface area (Å²) in [6, 6.07) is 8.05. The summed E-state index contributed by atoms with van der Waals surface area (Å²) in [5, 5.41) is 22.5. The highest BCUT2D eigenvalue weighted by atomic mass is 16.6. The van der Waals surface area contributed by atoms with Crippen LogP contribution in [-0.4, -0.2) is 74.7 Å². The van der Waals surface area contributed by atoms with Gasteiger partial charge < -0.3 is 19.7 Å². The summed E-state index contributed by atoms with van der Waals surface area (Å²) in [4.78, 5) is 41.6. The SMILES string of the molecule is CC1(C)OC[C@H]([C@@](O)([C@H](C(=O)N2C(=O)OC[C@H]2Cc2ccccc2)C2CC2)C(C)(C)C)N1C(=O)O. The van der Waals surface area contributed by atoms with E-state index in [1.54, 1.807) is 34.6 Å². The van der Waals surface area contributed by atoms with Crippen LogP contribution >= 0.6 is 0 Å². The molecule has 9 heteroatoms. The van der Waals surface area contributed by atoms with Crippen molar-refractivity contribution in [3.63, 3.8) is 0 Å². The van der Waals surface area contributed by atoms with Crippen molar-refractivity contribution in [3.8, 4) is 0 Å². The van der Waals surface area contributed by atoms with Crippen LogP contribution in [0, 0.1) is 17.3 Å². The fourth-order valence-electron chi connectivity index (χ4n) is 5.76. The maximum atomic E-state index is 14.2. The molecule has 2 saturated heterocycles. The zero-order valence-corrected chi connectivity index (χ0v) is 21.1. The Balaban J connectivity index is 1.74. The Labute approximate surface area is 206 Å². The first-order chi connectivity index (χ1) is 16.3. The highest BCUT2D eigenvalue weighted by Crippen LogP contribution is 2.53. The van der Waals surface area contributed by atoms with Crippen molar-refractivity contribution in [1.29, 1.82) is 0 Å². The minimum atomic E-state index is -1.79. The molecule has 1 aliphatic carbocycles. The fraction of sp³-hybridized carbons (Fsp3) is 0.654. The molecule has 1 aromatic rings. The maximum absolute atomic E-state index is 14.2. The lowest BCUT2D eigenvalue weighted by Crippen LogP contribution is -2.68. The van der Waals surface area contributed by atoms with Gasteiger partial charge in [-0.25, -0.2) is 14.5 Å². The van der Waals surface area contributed by atoms with Crippen molar-refractivity contribution in [2.24, 2.45) is 17.3 Å². The summed E-state index contributed by atoms with van der Waals surface area (Å²) in [7, 11) is 0. The summed E-state index contributed by atoms with van der Waals surface area (Å²) in [5.74, 6) is -1.67. The number of hydrogen-bond donors (Lipinski definition) is 2. The lowest BCUT2D eigenvalue weighted by molar-refractivity contribution is -0.175. The van der Waals surface area contributed by atoms with Gasteiger partial charge >= 0.3 is 12.2 Å². The van der Waals surface area contributed by atoms with E-state index in [1.165, 1.54) is 0 Å². The number of ether oxygens (including phenoxy) is 2. The van der Waals surface area contributed by atoms with Crippen LogP contribution in [0.3, 0.4) is 0 Å². The van der Waals surface area contributed by atoms with Crippen LogP contribution < -0.4 is 0 Å². The van der Waals surface area contributed by atoms with Crippen LogP contribution in [0.1, 0.15) is 53.0 Å². The lowest BCUT2D eigenvalue weighted by atomic mass is 9.62. The molecule has 4 atom stereocenters. The van der Waals surface area contributed by atoms with Crippen molar-refractivity contribution >= 4 is 18.1 Å². The molecule has 1 saturated carbocycles. The van der Waals surface area contributed by atoms with Crippen molar-refractivity contribution < 1.29 is 34.1 Å². The second kappa shape index (κ2) is 8.78. The molecule has 192 valence electrons. The average Bonchev–Trinajstić information content (AvgIpc) is 3.44. The van der Waals surface area contributed by atoms with Gasteiger partial charge in [-0.05, 0) is 50.0 Å². The minimum absolute atomic E-state index is 0.0541. The second-order valence-electron chi connectivity index (χ2n) is 11.4. The van der Waals surface area contributed by atoms with E-state index in [0.717, 1.165) is 15.4 Å². The summed E-state index contributed by atoms with van der Waals surface area (Å²) >= 11 is 0. The summed E-state index contributed by atoms with van der Waals surface area (Å²) < 4.78 is 11.1. The average molecular weight is 489 g/mol. The topological polar surface area (TPSA) is 117 Å². The van der Waals surface area contributed by atoms with Gasteiger partial charge in [0, 0.05) is 0 Å². The third-order valence-corrected chi connectivity index (χ3v) is 7.75. The molecule has 3 fully saturated rings. The van der Waals surface area contributed by atoms with Gasteiger partial charge in [0.1, 0.15) is 17.9 Å². The molecule has 0 bridgehead atoms. The van der Waals surface area contributed by atoms with Crippen LogP contribution in [0.4, 0.5) is 9.59 Å². The van der Waals surface area contributed by atoms with Gasteiger partial charge in [0.15, 0.2) is 0 Å². The minimum Gasteiger partial charge on any atom is -0.465 e. The lowest BCUT2D eigenvalue weighted by Gasteiger charge is -2.51. The summed E-state index contributed by atoms with van der Waals surface area (Å²) in [5.41, 5.74) is -2.91. The van der Waals surface area contributed by atoms with Crippen LogP contribution in [0.5, 0.6) is 0 Å². The maximum Gasteiger partial charge on any atom is 0.416 e. The van der Waals surface area contributed by atoms with Crippen molar-refractivity contribution in [1.82, 2.24) is 9.80 Å². The van der Waals surface area contributed by atoms with Crippen LogP contribution in [0.15, 0.2) is 30.3 Å². The molecule has 4 rings (SSSR count). The molecule has 3 aliphatic rings. The highest BCUT2D eigenvalue weighted by molar-refractivity contribution is 5.96. The van der Waals surface area contributed by atoms with Gasteiger partial charge in [-0.15, -0.1) is 0 Å². The number of nitrogens with zero attached hydrogens (tertiary/aromatic N) is 2. The van der Waals surface area contributed by atoms with E-state index in [2.05, 4.69) is 0 Å². The monoisotopic (exact) mass is 488 g/mol. The van der Waals surface area contributed by atoms with Crippen molar-refractivity contribution in [2.75, 3.05) is 13.2 Å². The van der Waals surface area contributed by atoms with Crippen LogP contribution in [-0.2, 0) is 20.7 Å². The first-order valence-electron chi connectivity index (χ1n) is 12.2. The van der Waals surface area contributed by atoms with Crippen LogP contribution in [0.25, 0.3) is 0 Å². The number of amides is 3. The number of carbonyl (C=O) groups is 3. The Kier molecular flexibility index (Phi) is 6.38. The first-order valence-corrected chi connectivity index (χ1v) is 12.2. The Morgan fingerprint density at radius 1 is 1.14 bits per heavy atom. The van der Waals surface area contributed by atoms with Gasteiger partial charge in [0.2, 0.25) is 5.91 Å². The molecule has 0 radical (unpaired) electrons. The van der Waals surface area contributed by atoms with Crippen molar-refractivity contribution in [3.05, 3.63) is 35.9 Å². The number of rotatable bonds is 6. The van der Waals surface area contributed by atoms with E-state index in [0.29, 0.717) is 19.3 Å². The predicted molar refractivity (Wildman–Crippen MR) is 126 cm³/mol. The van der Waals surface area contributed by atoms with Gasteiger partial charge in [0.05, 0.1) is 24.6 Å². The van der Waals surface area contributed by atoms with Crippen LogP contribution in [0.2, 0.25) is 0 Å². The Morgan fingerprint density at radius 2 is 1.77 bits per heavy atom. The number of hydrogen-bond acceptors (Lipinski definition) is 6. The molecular weight excluding hydrogens is 452 g/mol. The normalized spacial score (nSPS) is 26.9. The van der Waals surface area contributed by atoms with E-state index < -0.39 is 52.8 Å². The number of imide groups is 1. The van der Waals surface area contributed by atoms with E-state index >= 15 is 0 Å². The molecule has 2 N–H and O–H groups in total. The molecule has 3 amide bonds. The zero-order chi connectivity index (χ0) is 25.8. The molecule has 2 aliphatic heterocycles. The van der Waals surface area contributed by atoms with E-state index in [-0.39, 0.29) is 19.1 Å². The third kappa shape index (κ3) is 4.40. The third-order valence-electron chi connectivity index (χ3n) is 7.75. The molecule has 35 heavy (non-hydrogen) atoms. The number of aliphatic hydroxyl groups is 1. The van der Waals surface area contributed by atoms with E-state index in [1.807, 2.05) is 30.3 Å². The largest absolute Gasteiger partial charge is 0.465 e. The van der Waals surface area contributed by atoms with Gasteiger partial charge in [0.25, 0.3) is 0 Å². The molecular formula is C26H36N2O7. The predicted octanol–water partition coefficient (Wildman–Crippen LogP) is 3.49. The second-order valence-corrected chi connectivity index (χ2v) is 11.4. The molecule has 1 aromatic carbocycles. The molecule has 0 aromatic heterocycles. The Hall–Kier alpha value is -2.65. The Bertz CT molecular complexity index is 985. The number of benzene rings is 1. The fourth-order valence-corrected chi connectivity index (χ4v) is 5.76. The molecule has 0 unspecified atom stereocenters. The highest BCUT2D eigenvalue weighted by Gasteiger charge is 2.66.